The molecule has 21 heavy (non-hydrogen) atoms. The van der Waals surface area contributed by atoms with Gasteiger partial charge in [-0.05, 0) is 24.3 Å². The number of rotatable bonds is 3. The van der Waals surface area contributed by atoms with E-state index in [0.717, 1.165) is 22.6 Å². The van der Waals surface area contributed by atoms with Gasteiger partial charge in [0.15, 0.2) is 0 Å². The first kappa shape index (κ1) is 13.7. The van der Waals surface area contributed by atoms with E-state index in [1.54, 1.807) is 20.4 Å². The van der Waals surface area contributed by atoms with E-state index in [4.69, 9.17) is 19.9 Å². The molecule has 1 unspecified atom stereocenters. The summed E-state index contributed by atoms with van der Waals surface area (Å²) in [5.41, 5.74) is 8.25. The van der Waals surface area contributed by atoms with Gasteiger partial charge in [0.1, 0.15) is 17.6 Å². The number of aromatic nitrogens is 1. The van der Waals surface area contributed by atoms with Crippen LogP contribution in [0.2, 0.25) is 0 Å². The third kappa shape index (κ3) is 2.64. The van der Waals surface area contributed by atoms with E-state index in [1.807, 2.05) is 30.3 Å². The van der Waals surface area contributed by atoms with Crippen LogP contribution in [0.25, 0.3) is 0 Å². The van der Waals surface area contributed by atoms with Crippen LogP contribution in [0.1, 0.15) is 29.7 Å². The molecule has 0 bridgehead atoms. The van der Waals surface area contributed by atoms with Crippen molar-refractivity contribution in [2.45, 2.75) is 18.6 Å². The number of hydrogen-bond donors (Lipinski definition) is 1. The maximum absolute atomic E-state index is 6.27. The van der Waals surface area contributed by atoms with Crippen LogP contribution in [0.5, 0.6) is 17.4 Å². The molecule has 2 aromatic rings. The summed E-state index contributed by atoms with van der Waals surface area (Å²) in [6, 6.07) is 9.40. The lowest BCUT2D eigenvalue weighted by Gasteiger charge is -2.30. The minimum atomic E-state index is -0.0979. The zero-order valence-corrected chi connectivity index (χ0v) is 12.1. The lowest BCUT2D eigenvalue weighted by molar-refractivity contribution is 0.160. The number of ether oxygens (including phenoxy) is 3. The first-order valence-corrected chi connectivity index (χ1v) is 6.81. The van der Waals surface area contributed by atoms with E-state index in [-0.39, 0.29) is 12.1 Å². The number of pyridine rings is 1. The van der Waals surface area contributed by atoms with Crippen molar-refractivity contribution < 1.29 is 14.2 Å². The van der Waals surface area contributed by atoms with Gasteiger partial charge in [-0.2, -0.15) is 0 Å². The predicted molar refractivity (Wildman–Crippen MR) is 78.7 cm³/mol. The molecule has 0 aliphatic carbocycles. The molecule has 2 N–H and O–H groups in total. The van der Waals surface area contributed by atoms with Crippen molar-refractivity contribution in [2.75, 3.05) is 14.2 Å². The molecule has 1 aromatic heterocycles. The van der Waals surface area contributed by atoms with Crippen LogP contribution < -0.4 is 19.9 Å². The molecular formula is C16H18N2O3. The summed E-state index contributed by atoms with van der Waals surface area (Å²) < 4.78 is 16.3. The van der Waals surface area contributed by atoms with Crippen LogP contribution in [0, 0.1) is 0 Å². The van der Waals surface area contributed by atoms with Gasteiger partial charge in [0, 0.05) is 35.9 Å². The average molecular weight is 286 g/mol. The highest BCUT2D eigenvalue weighted by molar-refractivity contribution is 5.44. The standard InChI is InChI=1S/C16H18N2O3/c1-19-11-4-5-14-12(7-11)13(17)8-15(21-14)10-3-6-16(20-2)18-9-10/h3-7,9,13,15H,8,17H2,1-2H3/t13-,15?/m0/s1. The van der Waals surface area contributed by atoms with Crippen LogP contribution in [0.4, 0.5) is 0 Å². The quantitative estimate of drug-likeness (QED) is 0.939. The maximum atomic E-state index is 6.27. The average Bonchev–Trinajstić information content (AvgIpc) is 2.54. The molecule has 0 radical (unpaired) electrons. The molecule has 2 atom stereocenters. The summed E-state index contributed by atoms with van der Waals surface area (Å²) in [4.78, 5) is 4.22. The topological polar surface area (TPSA) is 66.6 Å². The highest BCUT2D eigenvalue weighted by Gasteiger charge is 2.27. The van der Waals surface area contributed by atoms with E-state index < -0.39 is 0 Å². The van der Waals surface area contributed by atoms with Crippen molar-refractivity contribution in [1.82, 2.24) is 4.98 Å². The van der Waals surface area contributed by atoms with Crippen LogP contribution in [0.3, 0.4) is 0 Å². The summed E-state index contributed by atoms with van der Waals surface area (Å²) in [5, 5.41) is 0. The molecule has 3 rings (SSSR count). The minimum Gasteiger partial charge on any atom is -0.497 e. The van der Waals surface area contributed by atoms with E-state index in [2.05, 4.69) is 4.98 Å². The fraction of sp³-hybridized carbons (Fsp3) is 0.312. The lowest BCUT2D eigenvalue weighted by Crippen LogP contribution is -2.24. The summed E-state index contributed by atoms with van der Waals surface area (Å²) in [6.45, 7) is 0. The molecule has 5 nitrogen and oxygen atoms in total. The van der Waals surface area contributed by atoms with Crippen LogP contribution in [-0.2, 0) is 0 Å². The zero-order valence-electron chi connectivity index (χ0n) is 12.1. The van der Waals surface area contributed by atoms with Gasteiger partial charge < -0.3 is 19.9 Å². The Morgan fingerprint density at radius 1 is 1.19 bits per heavy atom. The Bertz CT molecular complexity index is 628. The second-order valence-electron chi connectivity index (χ2n) is 4.99. The number of nitrogens with two attached hydrogens (primary N) is 1. The SMILES string of the molecule is COc1ccc2c(c1)[C@@H](N)CC(c1ccc(OC)nc1)O2. The van der Waals surface area contributed by atoms with Gasteiger partial charge in [0.25, 0.3) is 0 Å². The molecule has 5 heteroatoms. The Morgan fingerprint density at radius 2 is 2.05 bits per heavy atom. The van der Waals surface area contributed by atoms with Crippen LogP contribution in [0.15, 0.2) is 36.5 Å². The molecule has 110 valence electrons. The smallest absolute Gasteiger partial charge is 0.212 e. The third-order valence-electron chi connectivity index (χ3n) is 3.69. The monoisotopic (exact) mass is 286 g/mol. The molecule has 1 aliphatic rings. The summed E-state index contributed by atoms with van der Waals surface area (Å²) in [6.07, 6.45) is 2.37. The van der Waals surface area contributed by atoms with Crippen LogP contribution in [-0.4, -0.2) is 19.2 Å². The van der Waals surface area contributed by atoms with E-state index in [0.29, 0.717) is 12.3 Å². The zero-order chi connectivity index (χ0) is 14.8. The Morgan fingerprint density at radius 3 is 2.71 bits per heavy atom. The molecule has 1 aliphatic heterocycles. The van der Waals surface area contributed by atoms with E-state index >= 15 is 0 Å². The molecule has 0 saturated carbocycles. The van der Waals surface area contributed by atoms with Gasteiger partial charge in [0.2, 0.25) is 5.88 Å². The van der Waals surface area contributed by atoms with Gasteiger partial charge in [-0.3, -0.25) is 0 Å². The Hall–Kier alpha value is -2.27. The van der Waals surface area contributed by atoms with Crippen LogP contribution >= 0.6 is 0 Å². The fourth-order valence-corrected chi connectivity index (χ4v) is 2.52. The number of hydrogen-bond acceptors (Lipinski definition) is 5. The molecule has 0 fully saturated rings. The van der Waals surface area contributed by atoms with Gasteiger partial charge in [-0.25, -0.2) is 4.98 Å². The Labute approximate surface area is 123 Å². The molecule has 1 aromatic carbocycles. The molecule has 0 amide bonds. The summed E-state index contributed by atoms with van der Waals surface area (Å²) in [7, 11) is 3.24. The summed E-state index contributed by atoms with van der Waals surface area (Å²) >= 11 is 0. The third-order valence-corrected chi connectivity index (χ3v) is 3.69. The number of methoxy groups -OCH3 is 2. The second-order valence-corrected chi connectivity index (χ2v) is 4.99. The van der Waals surface area contributed by atoms with E-state index in [9.17, 15) is 0 Å². The predicted octanol–water partition coefficient (Wildman–Crippen LogP) is 2.62. The van der Waals surface area contributed by atoms with Gasteiger partial charge >= 0.3 is 0 Å². The Balaban J connectivity index is 1.87. The lowest BCUT2D eigenvalue weighted by atomic mass is 9.94. The molecule has 0 saturated heterocycles. The Kier molecular flexibility index (Phi) is 3.66. The van der Waals surface area contributed by atoms with Gasteiger partial charge in [-0.1, -0.05) is 0 Å². The number of fused-ring (bicyclic) bond motifs is 1. The van der Waals surface area contributed by atoms with Crippen molar-refractivity contribution in [3.05, 3.63) is 47.7 Å². The molecular weight excluding hydrogens is 268 g/mol. The van der Waals surface area contributed by atoms with Crippen molar-refractivity contribution >= 4 is 0 Å². The first-order valence-electron chi connectivity index (χ1n) is 6.81. The van der Waals surface area contributed by atoms with Crippen molar-refractivity contribution in [2.24, 2.45) is 5.73 Å². The second kappa shape index (κ2) is 5.61. The number of nitrogens with zero attached hydrogens (tertiary/aromatic N) is 1. The largest absolute Gasteiger partial charge is 0.497 e. The molecule has 0 spiro atoms. The first-order chi connectivity index (χ1) is 10.2. The highest BCUT2D eigenvalue weighted by Crippen LogP contribution is 2.41. The normalized spacial score (nSPS) is 20.3. The summed E-state index contributed by atoms with van der Waals surface area (Å²) in [5.74, 6) is 2.18. The van der Waals surface area contributed by atoms with Crippen molar-refractivity contribution in [1.29, 1.82) is 0 Å². The van der Waals surface area contributed by atoms with Gasteiger partial charge in [-0.15, -0.1) is 0 Å². The van der Waals surface area contributed by atoms with Crippen molar-refractivity contribution in [3.8, 4) is 17.4 Å². The fourth-order valence-electron chi connectivity index (χ4n) is 2.52. The van der Waals surface area contributed by atoms with Crippen molar-refractivity contribution in [3.63, 3.8) is 0 Å². The molecule has 2 heterocycles. The van der Waals surface area contributed by atoms with Gasteiger partial charge in [0.05, 0.1) is 14.2 Å². The van der Waals surface area contributed by atoms with E-state index in [1.165, 1.54) is 0 Å². The minimum absolute atomic E-state index is 0.0871. The maximum Gasteiger partial charge on any atom is 0.212 e. The highest BCUT2D eigenvalue weighted by atomic mass is 16.5. The number of benzene rings is 1.